The normalized spacial score (nSPS) is 17.0. The fourth-order valence-corrected chi connectivity index (χ4v) is 2.58. The number of H-pyrrole nitrogens is 1. The second kappa shape index (κ2) is 4.87. The predicted octanol–water partition coefficient (Wildman–Crippen LogP) is 1.90. The maximum Gasteiger partial charge on any atom is 0.244 e. The molecule has 1 aromatic carbocycles. The minimum Gasteiger partial charge on any atom is -0.508 e. The van der Waals surface area contributed by atoms with E-state index in [9.17, 15) is 10.4 Å². The largest absolute Gasteiger partial charge is 0.508 e. The number of ether oxygens (including phenoxy) is 1. The van der Waals surface area contributed by atoms with E-state index in [0.29, 0.717) is 11.5 Å². The molecule has 0 saturated carbocycles. The van der Waals surface area contributed by atoms with Crippen molar-refractivity contribution in [2.75, 3.05) is 0 Å². The zero-order chi connectivity index (χ0) is 15.0. The highest BCUT2D eigenvalue weighted by molar-refractivity contribution is 5.55. The number of aromatic nitrogens is 2. The lowest BCUT2D eigenvalue weighted by molar-refractivity contribution is 0.378. The molecule has 0 unspecified atom stereocenters. The minimum atomic E-state index is -0.340. The molecule has 1 aliphatic rings. The van der Waals surface area contributed by atoms with Gasteiger partial charge in [-0.3, -0.25) is 5.10 Å². The molecule has 0 radical (unpaired) electrons. The summed E-state index contributed by atoms with van der Waals surface area (Å²) in [5.41, 5.74) is 8.78. The number of nitrogens with two attached hydrogens (primary N) is 1. The second-order valence-electron chi connectivity index (χ2n) is 4.79. The molecule has 3 rings (SSSR count). The number of phenols is 1. The first-order valence-corrected chi connectivity index (χ1v) is 6.59. The number of nitriles is 1. The third kappa shape index (κ3) is 1.99. The van der Waals surface area contributed by atoms with Gasteiger partial charge >= 0.3 is 0 Å². The van der Waals surface area contributed by atoms with Gasteiger partial charge in [0.2, 0.25) is 11.8 Å². The minimum absolute atomic E-state index is 0.0669. The van der Waals surface area contributed by atoms with E-state index < -0.39 is 0 Å². The molecular formula is C15H14N4O2. The number of aromatic hydroxyl groups is 1. The molecule has 2 aromatic rings. The van der Waals surface area contributed by atoms with Gasteiger partial charge in [-0.15, -0.1) is 5.10 Å². The van der Waals surface area contributed by atoms with Crippen LogP contribution in [0.3, 0.4) is 0 Å². The van der Waals surface area contributed by atoms with Crippen LogP contribution in [0.15, 0.2) is 35.7 Å². The molecule has 0 amide bonds. The Morgan fingerprint density at radius 1 is 1.43 bits per heavy atom. The summed E-state index contributed by atoms with van der Waals surface area (Å²) < 4.78 is 5.44. The molecule has 4 N–H and O–H groups in total. The van der Waals surface area contributed by atoms with Crippen LogP contribution in [0.25, 0.3) is 0 Å². The summed E-state index contributed by atoms with van der Waals surface area (Å²) in [7, 11) is 0. The van der Waals surface area contributed by atoms with Crippen LogP contribution in [-0.4, -0.2) is 15.3 Å². The molecule has 1 aromatic heterocycles. The van der Waals surface area contributed by atoms with Gasteiger partial charge in [-0.2, -0.15) is 5.26 Å². The van der Waals surface area contributed by atoms with Gasteiger partial charge in [0.15, 0.2) is 0 Å². The van der Waals surface area contributed by atoms with Gasteiger partial charge in [-0.25, -0.2) is 0 Å². The molecule has 1 aliphatic heterocycles. The average Bonchev–Trinajstić information content (AvgIpc) is 2.89. The zero-order valence-corrected chi connectivity index (χ0v) is 11.4. The smallest absolute Gasteiger partial charge is 0.244 e. The Morgan fingerprint density at radius 2 is 2.14 bits per heavy atom. The first kappa shape index (κ1) is 13.1. The molecule has 0 bridgehead atoms. The Morgan fingerprint density at radius 3 is 2.76 bits per heavy atom. The van der Waals surface area contributed by atoms with E-state index in [1.54, 1.807) is 24.3 Å². The number of rotatable bonds is 2. The van der Waals surface area contributed by atoms with Gasteiger partial charge in [0.05, 0.1) is 5.92 Å². The van der Waals surface area contributed by atoms with Gasteiger partial charge in [0.1, 0.15) is 17.4 Å². The molecule has 6 heteroatoms. The topological polar surface area (TPSA) is 108 Å². The molecule has 1 atom stereocenters. The van der Waals surface area contributed by atoms with Gasteiger partial charge in [-0.05, 0) is 24.1 Å². The van der Waals surface area contributed by atoms with Crippen molar-refractivity contribution < 1.29 is 9.84 Å². The van der Waals surface area contributed by atoms with Gasteiger partial charge in [0.25, 0.3) is 0 Å². The molecule has 0 saturated heterocycles. The first-order chi connectivity index (χ1) is 10.2. The molecule has 0 spiro atoms. The van der Waals surface area contributed by atoms with Crippen LogP contribution in [0.2, 0.25) is 0 Å². The Kier molecular flexibility index (Phi) is 3.03. The maximum atomic E-state index is 9.44. The van der Waals surface area contributed by atoms with Crippen molar-refractivity contribution in [1.29, 1.82) is 5.26 Å². The quantitative estimate of drug-likeness (QED) is 0.779. The number of phenolic OH excluding ortho intramolecular Hbond substituents is 1. The summed E-state index contributed by atoms with van der Waals surface area (Å²) in [5.74, 6) is 0.302. The van der Waals surface area contributed by atoms with Crippen LogP contribution in [0.1, 0.15) is 29.7 Å². The van der Waals surface area contributed by atoms with E-state index in [0.717, 1.165) is 23.2 Å². The SMILES string of the molecule is CCc1[nH]nc2c1[C@@H](c1ccc(O)cc1)C(C#N)=C(N)O2. The van der Waals surface area contributed by atoms with Crippen LogP contribution < -0.4 is 10.5 Å². The van der Waals surface area contributed by atoms with E-state index in [2.05, 4.69) is 16.3 Å². The number of nitrogens with one attached hydrogen (secondary N) is 1. The van der Waals surface area contributed by atoms with Crippen molar-refractivity contribution in [1.82, 2.24) is 10.2 Å². The summed E-state index contributed by atoms with van der Waals surface area (Å²) in [6, 6.07) is 8.83. The molecule has 106 valence electrons. The number of allylic oxidation sites excluding steroid dienone is 1. The van der Waals surface area contributed by atoms with Crippen molar-refractivity contribution in [3.8, 4) is 17.7 Å². The van der Waals surface area contributed by atoms with Crippen molar-refractivity contribution in [3.63, 3.8) is 0 Å². The maximum absolute atomic E-state index is 9.44. The first-order valence-electron chi connectivity index (χ1n) is 6.59. The number of hydrogen-bond acceptors (Lipinski definition) is 5. The zero-order valence-electron chi connectivity index (χ0n) is 11.4. The van der Waals surface area contributed by atoms with Crippen molar-refractivity contribution in [2.24, 2.45) is 5.73 Å². The summed E-state index contributed by atoms with van der Waals surface area (Å²) in [6.07, 6.45) is 0.735. The van der Waals surface area contributed by atoms with Crippen molar-refractivity contribution in [2.45, 2.75) is 19.3 Å². The monoisotopic (exact) mass is 282 g/mol. The highest BCUT2D eigenvalue weighted by Crippen LogP contribution is 2.42. The highest BCUT2D eigenvalue weighted by Gasteiger charge is 2.34. The van der Waals surface area contributed by atoms with Gasteiger partial charge in [-0.1, -0.05) is 19.1 Å². The van der Waals surface area contributed by atoms with Gasteiger partial charge < -0.3 is 15.6 Å². The predicted molar refractivity (Wildman–Crippen MR) is 75.4 cm³/mol. The van der Waals surface area contributed by atoms with Crippen molar-refractivity contribution >= 4 is 0 Å². The van der Waals surface area contributed by atoms with Crippen LogP contribution >= 0.6 is 0 Å². The molecule has 6 nitrogen and oxygen atoms in total. The Bertz CT molecular complexity index is 753. The molecule has 0 aliphatic carbocycles. The number of benzene rings is 1. The van der Waals surface area contributed by atoms with E-state index >= 15 is 0 Å². The highest BCUT2D eigenvalue weighted by atomic mass is 16.5. The molecular weight excluding hydrogens is 268 g/mol. The molecule has 2 heterocycles. The summed E-state index contributed by atoms with van der Waals surface area (Å²) >= 11 is 0. The fourth-order valence-electron chi connectivity index (χ4n) is 2.58. The number of nitrogens with zero attached hydrogens (tertiary/aromatic N) is 2. The fraction of sp³-hybridized carbons (Fsp3) is 0.200. The van der Waals surface area contributed by atoms with E-state index in [1.165, 1.54) is 0 Å². The van der Waals surface area contributed by atoms with Crippen LogP contribution in [-0.2, 0) is 6.42 Å². The van der Waals surface area contributed by atoms with Crippen LogP contribution in [0.5, 0.6) is 11.6 Å². The Balaban J connectivity index is 2.22. The second-order valence-corrected chi connectivity index (χ2v) is 4.79. The lowest BCUT2D eigenvalue weighted by Crippen LogP contribution is -2.21. The molecule has 21 heavy (non-hydrogen) atoms. The van der Waals surface area contributed by atoms with Crippen LogP contribution in [0.4, 0.5) is 0 Å². The van der Waals surface area contributed by atoms with E-state index in [4.69, 9.17) is 10.5 Å². The number of aromatic amines is 1. The summed E-state index contributed by atoms with van der Waals surface area (Å²) in [4.78, 5) is 0. The average molecular weight is 282 g/mol. The van der Waals surface area contributed by atoms with Gasteiger partial charge in [0, 0.05) is 11.3 Å². The molecule has 0 fully saturated rings. The number of aryl methyl sites for hydroxylation is 1. The number of fused-ring (bicyclic) bond motifs is 1. The van der Waals surface area contributed by atoms with E-state index in [-0.39, 0.29) is 17.6 Å². The standard InChI is InChI=1S/C15H14N4O2/c1-2-11-13-12(8-3-5-9(20)6-4-8)10(7-16)14(17)21-15(13)19-18-11/h3-6,12,20H,2,17H2,1H3,(H,18,19)/t12-/m0/s1. The lowest BCUT2D eigenvalue weighted by atomic mass is 9.83. The lowest BCUT2D eigenvalue weighted by Gasteiger charge is -2.23. The van der Waals surface area contributed by atoms with Crippen LogP contribution in [0, 0.1) is 11.3 Å². The summed E-state index contributed by atoms with van der Waals surface area (Å²) in [6.45, 7) is 2.00. The third-order valence-corrected chi connectivity index (χ3v) is 3.60. The number of hydrogen-bond donors (Lipinski definition) is 3. The Hall–Kier alpha value is -2.94. The van der Waals surface area contributed by atoms with Crippen molar-refractivity contribution in [3.05, 3.63) is 52.5 Å². The van der Waals surface area contributed by atoms with E-state index in [1.807, 2.05) is 6.92 Å². The Labute approximate surface area is 121 Å². The third-order valence-electron chi connectivity index (χ3n) is 3.60. The summed E-state index contributed by atoms with van der Waals surface area (Å²) in [5, 5.41) is 25.9.